The van der Waals surface area contributed by atoms with E-state index in [4.69, 9.17) is 0 Å². The van der Waals surface area contributed by atoms with Crippen LogP contribution in [0.15, 0.2) is 18.3 Å². The molecule has 1 saturated carbocycles. The predicted molar refractivity (Wildman–Crippen MR) is 86.0 cm³/mol. The van der Waals surface area contributed by atoms with Crippen molar-refractivity contribution >= 4 is 5.82 Å². The topological polar surface area (TPSA) is 28.2 Å². The van der Waals surface area contributed by atoms with Crippen molar-refractivity contribution in [3.05, 3.63) is 23.9 Å². The van der Waals surface area contributed by atoms with Crippen LogP contribution in [-0.2, 0) is 6.54 Å². The second-order valence-corrected chi connectivity index (χ2v) is 6.82. The Kier molecular flexibility index (Phi) is 5.41. The molecule has 3 heteroatoms. The Morgan fingerprint density at radius 3 is 2.60 bits per heavy atom. The largest absolute Gasteiger partial charge is 0.353 e. The summed E-state index contributed by atoms with van der Waals surface area (Å²) < 4.78 is 0. The first-order valence-electron chi connectivity index (χ1n) is 7.98. The van der Waals surface area contributed by atoms with Crippen molar-refractivity contribution in [2.45, 2.75) is 53.1 Å². The Hall–Kier alpha value is -1.09. The highest BCUT2D eigenvalue weighted by molar-refractivity contribution is 5.43. The van der Waals surface area contributed by atoms with Crippen molar-refractivity contribution in [3.8, 4) is 0 Å². The highest BCUT2D eigenvalue weighted by atomic mass is 15.2. The Morgan fingerprint density at radius 2 is 2.00 bits per heavy atom. The number of aromatic nitrogens is 1. The molecule has 0 spiro atoms. The van der Waals surface area contributed by atoms with E-state index in [0.717, 1.165) is 31.5 Å². The van der Waals surface area contributed by atoms with Gasteiger partial charge in [0.15, 0.2) is 0 Å². The fourth-order valence-electron chi connectivity index (χ4n) is 2.44. The second-order valence-electron chi connectivity index (χ2n) is 6.82. The highest BCUT2D eigenvalue weighted by Gasteiger charge is 2.30. The minimum Gasteiger partial charge on any atom is -0.353 e. The van der Waals surface area contributed by atoms with Crippen LogP contribution in [0, 0.1) is 11.8 Å². The van der Waals surface area contributed by atoms with E-state index in [-0.39, 0.29) is 0 Å². The summed E-state index contributed by atoms with van der Waals surface area (Å²) in [6.07, 6.45) is 4.60. The van der Waals surface area contributed by atoms with Gasteiger partial charge in [-0.05, 0) is 48.9 Å². The smallest absolute Gasteiger partial charge is 0.129 e. The molecular weight excluding hydrogens is 246 g/mol. The molecule has 0 aliphatic heterocycles. The van der Waals surface area contributed by atoms with Crippen molar-refractivity contribution in [2.75, 3.05) is 18.0 Å². The fourth-order valence-corrected chi connectivity index (χ4v) is 2.44. The SMILES string of the molecule is CC(C)CNCc1ccnc(N(CC(C)C)C2CC2)c1. The number of nitrogens with one attached hydrogen (secondary N) is 1. The lowest BCUT2D eigenvalue weighted by atomic mass is 10.2. The van der Waals surface area contributed by atoms with Crippen LogP contribution in [0.5, 0.6) is 0 Å². The van der Waals surface area contributed by atoms with Crippen molar-refractivity contribution in [1.82, 2.24) is 10.3 Å². The van der Waals surface area contributed by atoms with Gasteiger partial charge in [-0.1, -0.05) is 27.7 Å². The molecule has 1 aliphatic carbocycles. The van der Waals surface area contributed by atoms with Crippen LogP contribution in [0.3, 0.4) is 0 Å². The first-order valence-corrected chi connectivity index (χ1v) is 7.98. The molecule has 1 N–H and O–H groups in total. The van der Waals surface area contributed by atoms with Crippen molar-refractivity contribution in [1.29, 1.82) is 0 Å². The zero-order chi connectivity index (χ0) is 14.5. The van der Waals surface area contributed by atoms with Crippen LogP contribution in [0.4, 0.5) is 5.82 Å². The molecule has 0 unspecified atom stereocenters. The van der Waals surface area contributed by atoms with Gasteiger partial charge in [-0.25, -0.2) is 4.98 Å². The molecule has 1 aromatic rings. The Morgan fingerprint density at radius 1 is 1.25 bits per heavy atom. The van der Waals surface area contributed by atoms with Crippen LogP contribution in [-0.4, -0.2) is 24.1 Å². The number of hydrogen-bond acceptors (Lipinski definition) is 3. The van der Waals surface area contributed by atoms with Gasteiger partial charge in [0.25, 0.3) is 0 Å². The van der Waals surface area contributed by atoms with Crippen LogP contribution in [0.25, 0.3) is 0 Å². The van der Waals surface area contributed by atoms with Gasteiger partial charge in [0.05, 0.1) is 0 Å². The van der Waals surface area contributed by atoms with Crippen molar-refractivity contribution < 1.29 is 0 Å². The van der Waals surface area contributed by atoms with Crippen LogP contribution >= 0.6 is 0 Å². The van der Waals surface area contributed by atoms with E-state index >= 15 is 0 Å². The van der Waals surface area contributed by atoms with Crippen molar-refractivity contribution in [2.24, 2.45) is 11.8 Å². The number of nitrogens with zero attached hydrogens (tertiary/aromatic N) is 2. The van der Waals surface area contributed by atoms with Gasteiger partial charge in [-0.15, -0.1) is 0 Å². The lowest BCUT2D eigenvalue weighted by molar-refractivity contribution is 0.552. The molecule has 1 aliphatic rings. The van der Waals surface area contributed by atoms with E-state index in [2.05, 4.69) is 55.0 Å². The summed E-state index contributed by atoms with van der Waals surface area (Å²) in [4.78, 5) is 7.09. The Labute approximate surface area is 123 Å². The van der Waals surface area contributed by atoms with Gasteiger partial charge in [0.2, 0.25) is 0 Å². The molecule has 112 valence electrons. The quantitative estimate of drug-likeness (QED) is 0.787. The third kappa shape index (κ3) is 4.78. The van der Waals surface area contributed by atoms with E-state index in [9.17, 15) is 0 Å². The van der Waals surface area contributed by atoms with E-state index < -0.39 is 0 Å². The summed E-state index contributed by atoms with van der Waals surface area (Å²) in [6, 6.07) is 5.11. The third-order valence-corrected chi connectivity index (χ3v) is 3.54. The summed E-state index contributed by atoms with van der Waals surface area (Å²) in [7, 11) is 0. The van der Waals surface area contributed by atoms with Crippen LogP contribution in [0.1, 0.15) is 46.1 Å². The van der Waals surface area contributed by atoms with Crippen molar-refractivity contribution in [3.63, 3.8) is 0 Å². The molecule has 2 rings (SSSR count). The van der Waals surface area contributed by atoms with Gasteiger partial charge in [-0.3, -0.25) is 0 Å². The highest BCUT2D eigenvalue weighted by Crippen LogP contribution is 2.31. The van der Waals surface area contributed by atoms with Crippen LogP contribution in [0.2, 0.25) is 0 Å². The maximum absolute atomic E-state index is 4.60. The summed E-state index contributed by atoms with van der Waals surface area (Å²) >= 11 is 0. The lowest BCUT2D eigenvalue weighted by Gasteiger charge is -2.26. The van der Waals surface area contributed by atoms with E-state index in [1.165, 1.54) is 18.4 Å². The van der Waals surface area contributed by atoms with Gasteiger partial charge >= 0.3 is 0 Å². The first-order chi connectivity index (χ1) is 9.56. The summed E-state index contributed by atoms with van der Waals surface area (Å²) in [5, 5.41) is 3.51. The Bertz CT molecular complexity index is 410. The molecule has 0 amide bonds. The fraction of sp³-hybridized carbons (Fsp3) is 0.706. The van der Waals surface area contributed by atoms with Gasteiger partial charge in [-0.2, -0.15) is 0 Å². The molecule has 0 aromatic carbocycles. The third-order valence-electron chi connectivity index (χ3n) is 3.54. The summed E-state index contributed by atoms with van der Waals surface area (Å²) in [6.45, 7) is 12.2. The van der Waals surface area contributed by atoms with E-state index in [1.54, 1.807) is 0 Å². The molecule has 0 bridgehead atoms. The van der Waals surface area contributed by atoms with Gasteiger partial charge in [0.1, 0.15) is 5.82 Å². The predicted octanol–water partition coefficient (Wildman–Crippen LogP) is 3.45. The number of anilines is 1. The van der Waals surface area contributed by atoms with Gasteiger partial charge < -0.3 is 10.2 Å². The molecule has 0 atom stereocenters. The summed E-state index contributed by atoms with van der Waals surface area (Å²) in [5.41, 5.74) is 1.34. The number of pyridine rings is 1. The zero-order valence-corrected chi connectivity index (χ0v) is 13.4. The normalized spacial score (nSPS) is 15.1. The molecule has 1 heterocycles. The molecule has 20 heavy (non-hydrogen) atoms. The lowest BCUT2D eigenvalue weighted by Crippen LogP contribution is -2.30. The molecular formula is C17H29N3. The molecule has 3 nitrogen and oxygen atoms in total. The first kappa shape index (κ1) is 15.3. The monoisotopic (exact) mass is 275 g/mol. The molecule has 0 saturated heterocycles. The minimum absolute atomic E-state index is 0.681. The zero-order valence-electron chi connectivity index (χ0n) is 13.4. The number of rotatable bonds is 8. The summed E-state index contributed by atoms with van der Waals surface area (Å²) in [5.74, 6) is 2.53. The molecule has 1 aromatic heterocycles. The van der Waals surface area contributed by atoms with Gasteiger partial charge in [0, 0.05) is 25.3 Å². The number of hydrogen-bond donors (Lipinski definition) is 1. The molecule has 0 radical (unpaired) electrons. The maximum atomic E-state index is 4.60. The second kappa shape index (κ2) is 7.07. The Balaban J connectivity index is 1.99. The minimum atomic E-state index is 0.681. The molecule has 1 fully saturated rings. The standard InChI is InChI=1S/C17H29N3/c1-13(2)10-18-11-15-7-8-19-17(9-15)20(12-14(3)4)16-5-6-16/h7-9,13-14,16,18H,5-6,10-12H2,1-4H3. The average molecular weight is 275 g/mol. The van der Waals surface area contributed by atoms with E-state index in [1.807, 2.05) is 6.20 Å². The van der Waals surface area contributed by atoms with Crippen LogP contribution < -0.4 is 10.2 Å². The van der Waals surface area contributed by atoms with E-state index in [0.29, 0.717) is 11.8 Å². The average Bonchev–Trinajstić information content (AvgIpc) is 3.20. The maximum Gasteiger partial charge on any atom is 0.129 e.